The molecule has 11 atom stereocenters. The Balaban J connectivity index is 0.891. The molecule has 1 aromatic carbocycles. The monoisotopic (exact) mass is 1450 g/mol. The Hall–Kier alpha value is -9.28. The van der Waals surface area contributed by atoms with E-state index < -0.39 is 128 Å². The van der Waals surface area contributed by atoms with Crippen molar-refractivity contribution in [2.75, 3.05) is 46.0 Å². The van der Waals surface area contributed by atoms with E-state index >= 15 is 19.2 Å². The van der Waals surface area contributed by atoms with E-state index in [1.807, 2.05) is 0 Å². The van der Waals surface area contributed by atoms with Crippen molar-refractivity contribution >= 4 is 110 Å². The number of hydrogen-bond donors (Lipinski definition) is 9. The maximum Gasteiger partial charge on any atom is 0.338 e. The molecule has 99 heavy (non-hydrogen) atoms. The van der Waals surface area contributed by atoms with Crippen molar-refractivity contribution in [2.24, 2.45) is 5.73 Å². The lowest BCUT2D eigenvalue weighted by molar-refractivity contribution is -0.280. The highest BCUT2D eigenvalue weighted by atomic mass is 32.1. The number of benzene rings is 1. The maximum atomic E-state index is 15.1. The van der Waals surface area contributed by atoms with Crippen molar-refractivity contribution in [1.29, 1.82) is 0 Å². The molecule has 2 unspecified atom stereocenters. The summed E-state index contributed by atoms with van der Waals surface area (Å²) in [7, 11) is 4.92. The summed E-state index contributed by atoms with van der Waals surface area (Å²) in [6, 6.07) is 1.13. The second-order valence-electron chi connectivity index (χ2n) is 24.0. The van der Waals surface area contributed by atoms with Crippen LogP contribution in [-0.4, -0.2) is 191 Å². The molecule has 5 amide bonds. The molecule has 0 radical (unpaired) electrons. The fraction of sp³-hybridized carbons (Fsp3) is 0.387. The van der Waals surface area contributed by atoms with E-state index in [1.165, 1.54) is 41.0 Å². The number of imidazole rings is 1. The number of rotatable bonds is 16. The number of anilines is 1. The second kappa shape index (κ2) is 28.2. The highest BCUT2D eigenvalue weighted by molar-refractivity contribution is 7.14. The van der Waals surface area contributed by atoms with Gasteiger partial charge in [-0.25, -0.2) is 49.5 Å². The van der Waals surface area contributed by atoms with Crippen LogP contribution in [0.4, 0.5) is 5.69 Å². The summed E-state index contributed by atoms with van der Waals surface area (Å²) in [5, 5.41) is 55.9. The number of fused-ring (bicyclic) bond motifs is 4. The molecule has 12 heterocycles. The van der Waals surface area contributed by atoms with Gasteiger partial charge in [0.05, 0.1) is 55.6 Å². The van der Waals surface area contributed by atoms with Gasteiger partial charge in [-0.05, 0) is 58.1 Å². The Bertz CT molecular complexity index is 4470. The Morgan fingerprint density at radius 2 is 1.60 bits per heavy atom. The highest BCUT2D eigenvalue weighted by Gasteiger charge is 2.52. The van der Waals surface area contributed by atoms with Gasteiger partial charge in [0, 0.05) is 64.0 Å². The van der Waals surface area contributed by atoms with Gasteiger partial charge in [0.15, 0.2) is 24.1 Å². The van der Waals surface area contributed by atoms with E-state index in [2.05, 4.69) is 46.2 Å². The Kier molecular flexibility index (Phi) is 19.4. The lowest BCUT2D eigenvalue weighted by atomic mass is 9.85. The fourth-order valence-corrected chi connectivity index (χ4v) is 16.7. The number of amides is 5. The number of aliphatic hydroxyl groups is 1. The fourth-order valence-electron chi connectivity index (χ4n) is 12.5. The summed E-state index contributed by atoms with van der Waals surface area (Å²) in [6.45, 7) is 3.74. The third-order valence-corrected chi connectivity index (χ3v) is 21.3. The van der Waals surface area contributed by atoms with Crippen LogP contribution in [0.1, 0.15) is 125 Å². The number of nitrogens with two attached hydrogens (primary N) is 1. The lowest BCUT2D eigenvalue weighted by Gasteiger charge is -2.48. The molecule has 5 aliphatic heterocycles. The van der Waals surface area contributed by atoms with E-state index in [1.54, 1.807) is 69.5 Å². The number of primary amides is 1. The number of cyclic esters (lactones) is 2. The number of H-pyrrole nitrogens is 1. The average Bonchev–Trinajstić information content (AvgIpc) is 1.62. The smallest absolute Gasteiger partial charge is 0.338 e. The molecule has 5 aliphatic rings. The molecule has 0 aliphatic carbocycles. The molecule has 4 bridgehead atoms. The zero-order chi connectivity index (χ0) is 69.7. The van der Waals surface area contributed by atoms with E-state index in [9.17, 15) is 29.8 Å². The van der Waals surface area contributed by atoms with Crippen molar-refractivity contribution in [3.63, 3.8) is 0 Å². The molecule has 13 rings (SSSR count). The first-order chi connectivity index (χ1) is 47.5. The minimum absolute atomic E-state index is 0.0118. The van der Waals surface area contributed by atoms with Crippen LogP contribution in [0.15, 0.2) is 69.6 Å². The van der Waals surface area contributed by atoms with Crippen molar-refractivity contribution < 1.29 is 82.1 Å². The van der Waals surface area contributed by atoms with Gasteiger partial charge in [-0.1, -0.05) is 12.1 Å². The summed E-state index contributed by atoms with van der Waals surface area (Å²) in [5.41, 5.74) is 5.74. The van der Waals surface area contributed by atoms with Crippen LogP contribution in [-0.2, 0) is 60.6 Å². The predicted molar refractivity (Wildman–Crippen MR) is 354 cm³/mol. The Labute approximate surface area is 581 Å². The normalized spacial score (nSPS) is 25.0. The van der Waals surface area contributed by atoms with Crippen LogP contribution in [0.3, 0.4) is 0 Å². The number of ether oxygens (including phenoxy) is 7. The SMILES string of the molecule is COC1=C(c2nc(C(=O)N[C@@H]3c4nc(cs4)C(=O)N[C@H](c4nc(-c5nc(-c6nc(C(=O)NCCc7c[nH]cn7)cs6)c(O)cc5-c5nc(C(N)=O)cs5)cs4)COC(=O)C4C5CO[C@@H]3[C@H](O[C@H]3C[C@](C)(O)[C@H](N(C)C)[C@H](C)O3)C(=O)OCc3cccc(c35)N4O)cs2)NC(=O)C[C@@H](C)O1. The predicted octanol–water partition coefficient (Wildman–Crippen LogP) is 4.57. The Morgan fingerprint density at radius 3 is 2.34 bits per heavy atom. The van der Waals surface area contributed by atoms with Gasteiger partial charge in [-0.2, -0.15) is 0 Å². The molecule has 10 N–H and O–H groups in total. The summed E-state index contributed by atoms with van der Waals surface area (Å²) < 4.78 is 43.6. The first kappa shape index (κ1) is 68.3. The molecular formula is C62H63N15O17S5. The van der Waals surface area contributed by atoms with Gasteiger partial charge in [-0.15, -0.1) is 56.7 Å². The number of pyridine rings is 1. The van der Waals surface area contributed by atoms with Crippen LogP contribution < -0.4 is 32.1 Å². The average molecular weight is 1450 g/mol. The van der Waals surface area contributed by atoms with Crippen molar-refractivity contribution in [3.05, 3.63) is 124 Å². The zero-order valence-electron chi connectivity index (χ0n) is 53.3. The molecule has 8 aromatic rings. The largest absolute Gasteiger partial charge is 0.506 e. The first-order valence-corrected chi connectivity index (χ1v) is 35.1. The Morgan fingerprint density at radius 1 is 0.869 bits per heavy atom. The van der Waals surface area contributed by atoms with Gasteiger partial charge in [0.25, 0.3) is 23.6 Å². The second-order valence-corrected chi connectivity index (χ2v) is 28.4. The van der Waals surface area contributed by atoms with Crippen LogP contribution in [0.2, 0.25) is 0 Å². The number of esters is 2. The number of nitrogens with one attached hydrogen (secondary N) is 5. The number of likely N-dealkylation sites (N-methyl/N-ethyl adjacent to an activating group) is 1. The third-order valence-electron chi connectivity index (χ3n) is 16.9. The third kappa shape index (κ3) is 13.9. The number of carbonyl (C=O) groups excluding carboxylic acids is 7. The quantitative estimate of drug-likeness (QED) is 0.0598. The molecule has 37 heteroatoms. The van der Waals surface area contributed by atoms with Crippen LogP contribution in [0.5, 0.6) is 5.75 Å². The molecule has 7 aromatic heterocycles. The number of hydrogen-bond acceptors (Lipinski definition) is 31. The zero-order valence-corrected chi connectivity index (χ0v) is 57.4. The van der Waals surface area contributed by atoms with Crippen molar-refractivity contribution in [1.82, 2.24) is 66.0 Å². The van der Waals surface area contributed by atoms with Gasteiger partial charge in [0.1, 0.15) is 108 Å². The topological polar surface area (TPSA) is 431 Å². The number of methoxy groups -OCH3 is 1. The molecular weight excluding hydrogens is 1390 g/mol. The summed E-state index contributed by atoms with van der Waals surface area (Å²) in [4.78, 5) is 136. The van der Waals surface area contributed by atoms with Crippen molar-refractivity contribution in [3.8, 4) is 38.4 Å². The van der Waals surface area contributed by atoms with Gasteiger partial charge < -0.3 is 80.3 Å². The lowest BCUT2D eigenvalue weighted by Crippen LogP contribution is -2.62. The van der Waals surface area contributed by atoms with Gasteiger partial charge in [0.2, 0.25) is 5.91 Å². The molecule has 0 spiro atoms. The minimum Gasteiger partial charge on any atom is -0.506 e. The number of carbonyl (C=O) groups is 7. The number of aromatic hydroxyl groups is 1. The first-order valence-electron chi connectivity index (χ1n) is 30.7. The summed E-state index contributed by atoms with van der Waals surface area (Å²) >= 11 is 4.94. The molecule has 0 saturated carbocycles. The number of aromatic amines is 1. The maximum absolute atomic E-state index is 15.1. The molecule has 1 saturated heterocycles. The number of nitrogens with zero attached hydrogens (tertiary/aromatic N) is 9. The van der Waals surface area contributed by atoms with Crippen LogP contribution >= 0.6 is 56.7 Å². The van der Waals surface area contributed by atoms with E-state index in [4.69, 9.17) is 53.8 Å². The van der Waals surface area contributed by atoms with E-state index in [-0.39, 0.29) is 113 Å². The van der Waals surface area contributed by atoms with Gasteiger partial charge >= 0.3 is 17.9 Å². The number of aromatic nitrogens is 8. The number of hydroxylamine groups is 1. The number of thiazole rings is 5. The standard InChI is InChI=1S/C62H63N15O17S5/c1-25-12-39(79)73-45(61(88-6)92-25)58-72-36(23-99-58)53(83)75-44-47-48(94-40-14-62(3,86)49(76(4)5)26(2)93-40)60(85)90-16-27-8-7-9-37-41(27)30(17-89-47)46(77(37)87)59(84)91-18-31(67-52(82)35-22-98-57(44)71-35)55-68-32(19-96-55)42-29(54-69-33(20-95-54)50(63)80)13-38(78)43(74-42)56-70-34(21-97-56)51(81)65-11-10-28-15-64-24-66-28/h7-9,13,15,19-26,30-31,40,44,46-49,78,86-87H,10-12,14,16-18H2,1-6H3,(H2,63,80)(H,64,66)(H,65,81)(H,67,82)(H,73,79)(H,75,83)/t25-,26+,30?,31+,40+,44+,46?,47+,48+,49-,62+/m1/s1. The molecule has 518 valence electrons. The molecule has 1 fully saturated rings. The van der Waals surface area contributed by atoms with E-state index in [0.29, 0.717) is 17.5 Å². The minimum atomic E-state index is -1.86. The summed E-state index contributed by atoms with van der Waals surface area (Å²) in [6.07, 6.45) is -2.67. The van der Waals surface area contributed by atoms with Crippen LogP contribution in [0.25, 0.3) is 38.4 Å². The van der Waals surface area contributed by atoms with Crippen molar-refractivity contribution in [2.45, 2.75) is 113 Å². The summed E-state index contributed by atoms with van der Waals surface area (Å²) in [5.74, 6) is -7.03. The van der Waals surface area contributed by atoms with E-state index in [0.717, 1.165) is 67.4 Å². The van der Waals surface area contributed by atoms with Crippen LogP contribution in [0, 0.1) is 0 Å². The van der Waals surface area contributed by atoms with Gasteiger partial charge in [-0.3, -0.25) is 29.2 Å². The molecule has 32 nitrogen and oxygen atoms in total. The highest BCUT2D eigenvalue weighted by Crippen LogP contribution is 2.46.